The zero-order valence-corrected chi connectivity index (χ0v) is 15.7. The number of aromatic nitrogens is 1. The van der Waals surface area contributed by atoms with Crippen molar-refractivity contribution in [3.63, 3.8) is 0 Å². The number of hydrogen-bond donors (Lipinski definition) is 1. The molecule has 0 unspecified atom stereocenters. The largest absolute Gasteiger partial charge is 0.331 e. The SMILES string of the molecule is CC[C@@H]1c2ccsc2CCN1C(=O)N[C@@H](C)c1sc(C)nc1C. The van der Waals surface area contributed by atoms with Crippen molar-refractivity contribution in [2.75, 3.05) is 6.54 Å². The summed E-state index contributed by atoms with van der Waals surface area (Å²) in [7, 11) is 0. The molecule has 1 aliphatic heterocycles. The smallest absolute Gasteiger partial charge is 0.318 e. The highest BCUT2D eigenvalue weighted by molar-refractivity contribution is 7.11. The van der Waals surface area contributed by atoms with Gasteiger partial charge in [0.15, 0.2) is 0 Å². The molecule has 0 saturated heterocycles. The molecular formula is C17H23N3OS2. The van der Waals surface area contributed by atoms with Crippen molar-refractivity contribution >= 4 is 28.7 Å². The summed E-state index contributed by atoms with van der Waals surface area (Å²) in [6, 6.07) is 2.40. The third-order valence-corrected chi connectivity index (χ3v) is 6.67. The van der Waals surface area contributed by atoms with Crippen LogP contribution in [0.3, 0.4) is 0 Å². The average molecular weight is 350 g/mol. The predicted octanol–water partition coefficient (Wildman–Crippen LogP) is 4.60. The lowest BCUT2D eigenvalue weighted by Crippen LogP contribution is -2.45. The van der Waals surface area contributed by atoms with Gasteiger partial charge in [-0.05, 0) is 50.6 Å². The summed E-state index contributed by atoms with van der Waals surface area (Å²) in [5.41, 5.74) is 2.35. The van der Waals surface area contributed by atoms with Crippen LogP contribution in [0.15, 0.2) is 11.4 Å². The van der Waals surface area contributed by atoms with Gasteiger partial charge in [-0.1, -0.05) is 6.92 Å². The third-order valence-electron chi connectivity index (χ3n) is 4.42. The van der Waals surface area contributed by atoms with Crippen LogP contribution < -0.4 is 5.32 Å². The second-order valence-corrected chi connectivity index (χ2v) is 8.26. The molecule has 1 aliphatic rings. The molecular weight excluding hydrogens is 326 g/mol. The van der Waals surface area contributed by atoms with E-state index in [0.717, 1.165) is 35.0 Å². The summed E-state index contributed by atoms with van der Waals surface area (Å²) in [5, 5.41) is 6.36. The van der Waals surface area contributed by atoms with Gasteiger partial charge in [0, 0.05) is 16.3 Å². The Morgan fingerprint density at radius 3 is 2.96 bits per heavy atom. The highest BCUT2D eigenvalue weighted by atomic mass is 32.1. The number of carbonyl (C=O) groups excluding carboxylic acids is 1. The monoisotopic (exact) mass is 349 g/mol. The minimum atomic E-state index is -0.00456. The summed E-state index contributed by atoms with van der Waals surface area (Å²) >= 11 is 3.47. The molecule has 4 nitrogen and oxygen atoms in total. The quantitative estimate of drug-likeness (QED) is 0.880. The number of amides is 2. The van der Waals surface area contributed by atoms with Crippen LogP contribution in [0.2, 0.25) is 0 Å². The number of aryl methyl sites for hydroxylation is 2. The number of nitrogens with zero attached hydrogens (tertiary/aromatic N) is 2. The van der Waals surface area contributed by atoms with E-state index in [-0.39, 0.29) is 18.1 Å². The van der Waals surface area contributed by atoms with E-state index < -0.39 is 0 Å². The third kappa shape index (κ3) is 3.15. The fourth-order valence-corrected chi connectivity index (χ4v) is 5.22. The van der Waals surface area contributed by atoms with Gasteiger partial charge < -0.3 is 10.2 Å². The van der Waals surface area contributed by atoms with Crippen molar-refractivity contribution in [3.05, 3.63) is 37.5 Å². The first-order chi connectivity index (χ1) is 11.0. The van der Waals surface area contributed by atoms with Gasteiger partial charge in [0.2, 0.25) is 0 Å². The molecule has 2 amide bonds. The minimum Gasteiger partial charge on any atom is -0.331 e. The first kappa shape index (κ1) is 16.5. The minimum absolute atomic E-state index is 0.00456. The van der Waals surface area contributed by atoms with Gasteiger partial charge >= 0.3 is 6.03 Å². The highest BCUT2D eigenvalue weighted by Crippen LogP contribution is 2.35. The topological polar surface area (TPSA) is 45.2 Å². The Kier molecular flexibility index (Phi) is 4.73. The van der Waals surface area contributed by atoms with Gasteiger partial charge in [-0.15, -0.1) is 22.7 Å². The molecule has 3 heterocycles. The van der Waals surface area contributed by atoms with E-state index in [1.807, 2.05) is 37.0 Å². The van der Waals surface area contributed by atoms with E-state index in [4.69, 9.17) is 0 Å². The molecule has 6 heteroatoms. The standard InChI is InChI=1S/C17H23N3OS2/c1-5-14-13-7-9-22-15(13)6-8-20(14)17(21)19-11(3)16-10(2)18-12(4)23-16/h7,9,11,14H,5-6,8H2,1-4H3,(H,19,21)/t11-,14+/m0/s1. The second kappa shape index (κ2) is 6.61. The molecule has 124 valence electrons. The van der Waals surface area contributed by atoms with E-state index in [1.165, 1.54) is 10.4 Å². The number of carbonyl (C=O) groups is 1. The van der Waals surface area contributed by atoms with Gasteiger partial charge in [0.25, 0.3) is 0 Å². The number of hydrogen-bond acceptors (Lipinski definition) is 4. The molecule has 2 atom stereocenters. The lowest BCUT2D eigenvalue weighted by molar-refractivity contribution is 0.165. The number of thiazole rings is 1. The number of urea groups is 1. The van der Waals surface area contributed by atoms with Crippen LogP contribution in [0, 0.1) is 13.8 Å². The molecule has 1 N–H and O–H groups in total. The maximum absolute atomic E-state index is 12.8. The summed E-state index contributed by atoms with van der Waals surface area (Å²) in [6.07, 6.45) is 1.91. The van der Waals surface area contributed by atoms with Crippen molar-refractivity contribution < 1.29 is 4.79 Å². The molecule has 0 bridgehead atoms. The molecule has 0 aliphatic carbocycles. The van der Waals surface area contributed by atoms with Gasteiger partial charge in [-0.25, -0.2) is 9.78 Å². The van der Waals surface area contributed by atoms with Crippen molar-refractivity contribution in [1.82, 2.24) is 15.2 Å². The fraction of sp³-hybridized carbons (Fsp3) is 0.529. The Morgan fingerprint density at radius 1 is 1.52 bits per heavy atom. The van der Waals surface area contributed by atoms with Gasteiger partial charge in [-0.2, -0.15) is 0 Å². The Balaban J connectivity index is 1.74. The average Bonchev–Trinajstić information content (AvgIpc) is 3.11. The molecule has 0 aromatic carbocycles. The molecule has 0 saturated carbocycles. The summed E-state index contributed by atoms with van der Waals surface area (Å²) in [5.74, 6) is 0. The normalized spacial score (nSPS) is 18.6. The highest BCUT2D eigenvalue weighted by Gasteiger charge is 2.31. The Labute approximate surface area is 145 Å². The molecule has 3 rings (SSSR count). The van der Waals surface area contributed by atoms with Crippen LogP contribution in [0.1, 0.15) is 58.4 Å². The summed E-state index contributed by atoms with van der Waals surface area (Å²) < 4.78 is 0. The van der Waals surface area contributed by atoms with E-state index in [1.54, 1.807) is 11.3 Å². The number of fused-ring (bicyclic) bond motifs is 1. The van der Waals surface area contributed by atoms with Crippen LogP contribution in [-0.2, 0) is 6.42 Å². The van der Waals surface area contributed by atoms with E-state index in [0.29, 0.717) is 0 Å². The number of thiophene rings is 1. The van der Waals surface area contributed by atoms with Crippen LogP contribution in [0.25, 0.3) is 0 Å². The van der Waals surface area contributed by atoms with Crippen molar-refractivity contribution in [2.45, 2.75) is 52.6 Å². The van der Waals surface area contributed by atoms with Crippen LogP contribution >= 0.6 is 22.7 Å². The van der Waals surface area contributed by atoms with Gasteiger partial charge in [-0.3, -0.25) is 0 Å². The molecule has 0 fully saturated rings. The van der Waals surface area contributed by atoms with E-state index in [2.05, 4.69) is 28.7 Å². The summed E-state index contributed by atoms with van der Waals surface area (Å²) in [6.45, 7) is 9.00. The molecule has 2 aromatic rings. The lowest BCUT2D eigenvalue weighted by atomic mass is 9.98. The van der Waals surface area contributed by atoms with Crippen LogP contribution in [-0.4, -0.2) is 22.5 Å². The van der Waals surface area contributed by atoms with Crippen LogP contribution in [0.4, 0.5) is 4.79 Å². The number of rotatable bonds is 3. The maximum Gasteiger partial charge on any atom is 0.318 e. The van der Waals surface area contributed by atoms with Gasteiger partial charge in [0.1, 0.15) is 0 Å². The lowest BCUT2D eigenvalue weighted by Gasteiger charge is -2.36. The molecule has 23 heavy (non-hydrogen) atoms. The van der Waals surface area contributed by atoms with Crippen molar-refractivity contribution in [2.24, 2.45) is 0 Å². The Hall–Kier alpha value is -1.40. The first-order valence-electron chi connectivity index (χ1n) is 8.08. The van der Waals surface area contributed by atoms with Crippen LogP contribution in [0.5, 0.6) is 0 Å². The molecule has 2 aromatic heterocycles. The van der Waals surface area contributed by atoms with E-state index >= 15 is 0 Å². The van der Waals surface area contributed by atoms with Crippen molar-refractivity contribution in [1.29, 1.82) is 0 Å². The number of nitrogens with one attached hydrogen (secondary N) is 1. The molecule has 0 radical (unpaired) electrons. The van der Waals surface area contributed by atoms with Crippen molar-refractivity contribution in [3.8, 4) is 0 Å². The Bertz CT molecular complexity index is 707. The zero-order chi connectivity index (χ0) is 16.6. The maximum atomic E-state index is 12.8. The fourth-order valence-electron chi connectivity index (χ4n) is 3.36. The van der Waals surface area contributed by atoms with Gasteiger partial charge in [0.05, 0.1) is 22.8 Å². The molecule has 0 spiro atoms. The Morgan fingerprint density at radius 2 is 2.30 bits per heavy atom. The predicted molar refractivity (Wildman–Crippen MR) is 96.3 cm³/mol. The zero-order valence-electron chi connectivity index (χ0n) is 14.0. The second-order valence-electron chi connectivity index (χ2n) is 6.02. The van der Waals surface area contributed by atoms with E-state index in [9.17, 15) is 4.79 Å². The first-order valence-corrected chi connectivity index (χ1v) is 9.78. The summed E-state index contributed by atoms with van der Waals surface area (Å²) in [4.78, 5) is 21.8.